The van der Waals surface area contributed by atoms with Crippen LogP contribution in [0.25, 0.3) is 0 Å². The third kappa shape index (κ3) is 3.92. The van der Waals surface area contributed by atoms with Crippen molar-refractivity contribution in [2.75, 3.05) is 7.05 Å². The zero-order valence-electron chi connectivity index (χ0n) is 11.1. The van der Waals surface area contributed by atoms with Gasteiger partial charge < -0.3 is 5.32 Å². The summed E-state index contributed by atoms with van der Waals surface area (Å²) >= 11 is 9.97. The summed E-state index contributed by atoms with van der Waals surface area (Å²) in [5.74, 6) is -1.09. The van der Waals surface area contributed by atoms with E-state index in [1.807, 2.05) is 18.2 Å². The molecule has 1 N–H and O–H groups in total. The molecule has 0 aliphatic heterocycles. The first kappa shape index (κ1) is 17.1. The van der Waals surface area contributed by atoms with Gasteiger partial charge in [0.15, 0.2) is 0 Å². The minimum absolute atomic E-state index is 0.0681. The average Bonchev–Trinajstić information content (AvgIpc) is 2.44. The van der Waals surface area contributed by atoms with E-state index < -0.39 is 11.6 Å². The van der Waals surface area contributed by atoms with Crippen LogP contribution >= 0.6 is 47.8 Å². The van der Waals surface area contributed by atoms with Crippen molar-refractivity contribution in [3.05, 3.63) is 66.5 Å². The number of benzene rings is 2. The first-order valence-electron chi connectivity index (χ1n) is 6.18. The van der Waals surface area contributed by atoms with Gasteiger partial charge in [-0.15, -0.1) is 0 Å². The van der Waals surface area contributed by atoms with Gasteiger partial charge in [-0.2, -0.15) is 0 Å². The summed E-state index contributed by atoms with van der Waals surface area (Å²) in [7, 11) is 1.77. The Balaban J connectivity index is 2.38. The molecule has 0 amide bonds. The van der Waals surface area contributed by atoms with Gasteiger partial charge in [0.2, 0.25) is 0 Å². The maximum absolute atomic E-state index is 14.1. The molecule has 0 aliphatic rings. The molecule has 0 bridgehead atoms. The maximum Gasteiger partial charge on any atom is 0.143 e. The molecule has 2 rings (SSSR count). The average molecular weight is 484 g/mol. The molecule has 1 atom stereocenters. The normalized spacial score (nSPS) is 12.5. The second-order valence-corrected chi connectivity index (χ2v) is 7.16. The molecular weight excluding hydrogens is 472 g/mol. The molecule has 0 aromatic heterocycles. The van der Waals surface area contributed by atoms with Crippen LogP contribution < -0.4 is 5.32 Å². The molecular formula is C15H12Br3F2N. The van der Waals surface area contributed by atoms with Crippen LogP contribution in [0.2, 0.25) is 0 Å². The number of rotatable bonds is 4. The molecule has 6 heteroatoms. The first-order valence-corrected chi connectivity index (χ1v) is 8.56. The summed E-state index contributed by atoms with van der Waals surface area (Å²) in [6.07, 6.45) is 0.216. The van der Waals surface area contributed by atoms with Gasteiger partial charge in [0.25, 0.3) is 0 Å². The van der Waals surface area contributed by atoms with Crippen LogP contribution in [-0.2, 0) is 6.42 Å². The van der Waals surface area contributed by atoms with Gasteiger partial charge >= 0.3 is 0 Å². The third-order valence-electron chi connectivity index (χ3n) is 3.23. The van der Waals surface area contributed by atoms with E-state index in [-0.39, 0.29) is 22.5 Å². The van der Waals surface area contributed by atoms with Gasteiger partial charge in [0.1, 0.15) is 11.6 Å². The Morgan fingerprint density at radius 3 is 2.38 bits per heavy atom. The Labute approximate surface area is 147 Å². The molecule has 0 spiro atoms. The molecule has 0 saturated carbocycles. The summed E-state index contributed by atoms with van der Waals surface area (Å²) in [4.78, 5) is 0. The van der Waals surface area contributed by atoms with Crippen molar-refractivity contribution in [3.63, 3.8) is 0 Å². The number of nitrogens with one attached hydrogen (secondary N) is 1. The number of hydrogen-bond acceptors (Lipinski definition) is 1. The van der Waals surface area contributed by atoms with Crippen molar-refractivity contribution >= 4 is 47.8 Å². The van der Waals surface area contributed by atoms with Gasteiger partial charge in [-0.3, -0.25) is 0 Å². The van der Waals surface area contributed by atoms with Crippen molar-refractivity contribution in [2.24, 2.45) is 0 Å². The van der Waals surface area contributed by atoms with E-state index in [0.717, 1.165) is 14.5 Å². The summed E-state index contributed by atoms with van der Waals surface area (Å²) < 4.78 is 30.1. The standard InChI is InChI=1S/C15H12Br3F2N/c1-21-14(9-3-2-8(16)6-12(9)18)7-10-13(19)5-4-11(17)15(10)20/h2-6,14,21H,7H2,1H3. The zero-order chi connectivity index (χ0) is 15.6. The quantitative estimate of drug-likeness (QED) is 0.545. The molecule has 2 aromatic carbocycles. The molecule has 1 nitrogen and oxygen atoms in total. The smallest absolute Gasteiger partial charge is 0.143 e. The number of halogens is 5. The van der Waals surface area contributed by atoms with Crippen LogP contribution in [0, 0.1) is 11.6 Å². The van der Waals surface area contributed by atoms with Gasteiger partial charge in [-0.05, 0) is 59.2 Å². The lowest BCUT2D eigenvalue weighted by molar-refractivity contribution is 0.512. The monoisotopic (exact) mass is 481 g/mol. The Bertz CT molecular complexity index is 662. The van der Waals surface area contributed by atoms with Gasteiger partial charge in [0.05, 0.1) is 4.47 Å². The molecule has 21 heavy (non-hydrogen) atoms. The van der Waals surface area contributed by atoms with Crippen molar-refractivity contribution in [1.29, 1.82) is 0 Å². The van der Waals surface area contributed by atoms with Crippen LogP contribution in [0.5, 0.6) is 0 Å². The minimum atomic E-state index is -0.552. The van der Waals surface area contributed by atoms with Gasteiger partial charge in [-0.25, -0.2) is 8.78 Å². The fourth-order valence-electron chi connectivity index (χ4n) is 2.11. The lowest BCUT2D eigenvalue weighted by Crippen LogP contribution is -2.20. The van der Waals surface area contributed by atoms with Crippen LogP contribution in [0.1, 0.15) is 17.2 Å². The second kappa shape index (κ2) is 7.31. The summed E-state index contributed by atoms with van der Waals surface area (Å²) in [6.45, 7) is 0. The highest BCUT2D eigenvalue weighted by atomic mass is 79.9. The number of likely N-dealkylation sites (N-methyl/N-ethyl adjacent to an activating group) is 1. The molecule has 1 unspecified atom stereocenters. The Hall–Kier alpha value is -0.300. The van der Waals surface area contributed by atoms with Crippen LogP contribution in [0.3, 0.4) is 0 Å². The van der Waals surface area contributed by atoms with E-state index >= 15 is 0 Å². The largest absolute Gasteiger partial charge is 0.313 e. The van der Waals surface area contributed by atoms with E-state index in [4.69, 9.17) is 0 Å². The van der Waals surface area contributed by atoms with Crippen LogP contribution in [0.4, 0.5) is 8.78 Å². The second-order valence-electron chi connectivity index (χ2n) is 4.53. The summed E-state index contributed by atoms with van der Waals surface area (Å²) in [6, 6.07) is 8.17. The highest BCUT2D eigenvalue weighted by Crippen LogP contribution is 2.31. The molecule has 0 heterocycles. The predicted octanol–water partition coefficient (Wildman–Crippen LogP) is 5.76. The highest BCUT2D eigenvalue weighted by molar-refractivity contribution is 9.11. The van der Waals surface area contributed by atoms with Crippen LogP contribution in [-0.4, -0.2) is 7.05 Å². The van der Waals surface area contributed by atoms with E-state index in [2.05, 4.69) is 53.1 Å². The molecule has 2 aromatic rings. The Morgan fingerprint density at radius 1 is 1.05 bits per heavy atom. The lowest BCUT2D eigenvalue weighted by Gasteiger charge is -2.19. The fraction of sp³-hybridized carbons (Fsp3) is 0.200. The maximum atomic E-state index is 14.1. The zero-order valence-corrected chi connectivity index (χ0v) is 15.8. The topological polar surface area (TPSA) is 12.0 Å². The predicted molar refractivity (Wildman–Crippen MR) is 91.4 cm³/mol. The van der Waals surface area contributed by atoms with Gasteiger partial charge in [0, 0.05) is 20.6 Å². The molecule has 0 fully saturated rings. The first-order chi connectivity index (χ1) is 9.93. The number of hydrogen-bond donors (Lipinski definition) is 1. The third-order valence-corrected chi connectivity index (χ3v) is 5.03. The molecule has 112 valence electrons. The van der Waals surface area contributed by atoms with Gasteiger partial charge in [-0.1, -0.05) is 37.9 Å². The lowest BCUT2D eigenvalue weighted by atomic mass is 9.98. The summed E-state index contributed by atoms with van der Waals surface area (Å²) in [5, 5.41) is 3.11. The van der Waals surface area contributed by atoms with E-state index in [1.165, 1.54) is 12.1 Å². The van der Waals surface area contributed by atoms with Crippen molar-refractivity contribution < 1.29 is 8.78 Å². The molecule has 0 saturated heterocycles. The Kier molecular flexibility index (Phi) is 5.94. The van der Waals surface area contributed by atoms with Crippen LogP contribution in [0.15, 0.2) is 43.7 Å². The SMILES string of the molecule is CNC(Cc1c(F)ccc(Br)c1F)c1ccc(Br)cc1Br. The Morgan fingerprint density at radius 2 is 1.76 bits per heavy atom. The van der Waals surface area contributed by atoms with Crippen molar-refractivity contribution in [1.82, 2.24) is 5.32 Å². The van der Waals surface area contributed by atoms with Crippen molar-refractivity contribution in [3.8, 4) is 0 Å². The summed E-state index contributed by atoms with van der Waals surface area (Å²) in [5.41, 5.74) is 1.01. The fourth-order valence-corrected chi connectivity index (χ4v) is 3.81. The van der Waals surface area contributed by atoms with E-state index in [1.54, 1.807) is 7.05 Å². The molecule has 0 aliphatic carbocycles. The van der Waals surface area contributed by atoms with E-state index in [9.17, 15) is 8.78 Å². The van der Waals surface area contributed by atoms with Crippen molar-refractivity contribution in [2.45, 2.75) is 12.5 Å². The molecule has 0 radical (unpaired) electrons. The highest BCUT2D eigenvalue weighted by Gasteiger charge is 2.19. The van der Waals surface area contributed by atoms with E-state index in [0.29, 0.717) is 0 Å². The minimum Gasteiger partial charge on any atom is -0.313 e.